The Morgan fingerprint density at radius 3 is 2.71 bits per heavy atom. The Hall–Kier alpha value is -1.89. The van der Waals surface area contributed by atoms with Crippen LogP contribution in [0.4, 0.5) is 0 Å². The van der Waals surface area contributed by atoms with Crippen LogP contribution in [-0.4, -0.2) is 40.6 Å². The molecule has 17 heavy (non-hydrogen) atoms. The maximum Gasteiger partial charge on any atom is 0.273 e. The van der Waals surface area contributed by atoms with Crippen molar-refractivity contribution in [2.45, 2.75) is 19.4 Å². The number of amides is 2. The van der Waals surface area contributed by atoms with Crippen molar-refractivity contribution >= 4 is 11.8 Å². The van der Waals surface area contributed by atoms with Gasteiger partial charge in [0.05, 0.1) is 0 Å². The SMILES string of the molecule is CCC(C(=O)NN)n1ccc(C(=O)N(C)C)n1. The lowest BCUT2D eigenvalue weighted by Gasteiger charge is -2.13. The predicted molar refractivity (Wildman–Crippen MR) is 61.9 cm³/mol. The summed E-state index contributed by atoms with van der Waals surface area (Å²) < 4.78 is 1.44. The van der Waals surface area contributed by atoms with Crippen molar-refractivity contribution in [3.8, 4) is 0 Å². The first-order chi connectivity index (χ1) is 8.01. The molecule has 1 atom stereocenters. The molecule has 7 nitrogen and oxygen atoms in total. The number of rotatable bonds is 4. The smallest absolute Gasteiger partial charge is 0.273 e. The first kappa shape index (κ1) is 13.2. The second-order valence-corrected chi connectivity index (χ2v) is 3.81. The molecule has 1 heterocycles. The van der Waals surface area contributed by atoms with E-state index < -0.39 is 6.04 Å². The Bertz CT molecular complexity index is 413. The summed E-state index contributed by atoms with van der Waals surface area (Å²) in [5.74, 6) is 4.55. The number of carbonyl (C=O) groups excluding carboxylic acids is 2. The highest BCUT2D eigenvalue weighted by Gasteiger charge is 2.20. The highest BCUT2D eigenvalue weighted by atomic mass is 16.2. The van der Waals surface area contributed by atoms with Crippen molar-refractivity contribution in [3.63, 3.8) is 0 Å². The lowest BCUT2D eigenvalue weighted by Crippen LogP contribution is -2.37. The van der Waals surface area contributed by atoms with Crippen LogP contribution in [0.25, 0.3) is 0 Å². The minimum absolute atomic E-state index is 0.202. The van der Waals surface area contributed by atoms with E-state index in [0.717, 1.165) is 0 Å². The molecular weight excluding hydrogens is 222 g/mol. The molecule has 0 radical (unpaired) electrons. The molecule has 1 aromatic rings. The fourth-order valence-corrected chi connectivity index (χ4v) is 1.44. The Morgan fingerprint density at radius 1 is 1.59 bits per heavy atom. The van der Waals surface area contributed by atoms with Gasteiger partial charge in [0.15, 0.2) is 0 Å². The van der Waals surface area contributed by atoms with Crippen LogP contribution >= 0.6 is 0 Å². The monoisotopic (exact) mass is 239 g/mol. The first-order valence-electron chi connectivity index (χ1n) is 5.28. The summed E-state index contributed by atoms with van der Waals surface area (Å²) in [6, 6.07) is 1.08. The molecule has 2 amide bonds. The van der Waals surface area contributed by atoms with Gasteiger partial charge in [-0.1, -0.05) is 6.92 Å². The number of nitrogens with two attached hydrogens (primary N) is 1. The molecule has 7 heteroatoms. The van der Waals surface area contributed by atoms with Gasteiger partial charge in [-0.15, -0.1) is 0 Å². The third-order valence-electron chi connectivity index (χ3n) is 2.38. The molecule has 0 aliphatic carbocycles. The molecule has 1 rings (SSSR count). The normalized spacial score (nSPS) is 12.0. The Morgan fingerprint density at radius 2 is 2.24 bits per heavy atom. The molecule has 0 bridgehead atoms. The third-order valence-corrected chi connectivity index (χ3v) is 2.38. The van der Waals surface area contributed by atoms with Gasteiger partial charge in [0.2, 0.25) is 0 Å². The average molecular weight is 239 g/mol. The van der Waals surface area contributed by atoms with E-state index in [4.69, 9.17) is 5.84 Å². The van der Waals surface area contributed by atoms with Crippen LogP contribution in [0.5, 0.6) is 0 Å². The summed E-state index contributed by atoms with van der Waals surface area (Å²) in [4.78, 5) is 24.5. The lowest BCUT2D eigenvalue weighted by atomic mass is 10.2. The number of nitrogens with one attached hydrogen (secondary N) is 1. The molecule has 0 saturated heterocycles. The minimum Gasteiger partial charge on any atom is -0.343 e. The molecule has 0 saturated carbocycles. The summed E-state index contributed by atoms with van der Waals surface area (Å²) in [7, 11) is 3.29. The number of aromatic nitrogens is 2. The summed E-state index contributed by atoms with van der Waals surface area (Å²) in [5, 5.41) is 4.08. The van der Waals surface area contributed by atoms with Crippen LogP contribution in [-0.2, 0) is 4.79 Å². The van der Waals surface area contributed by atoms with Crippen LogP contribution in [0.15, 0.2) is 12.3 Å². The number of nitrogens with zero attached hydrogens (tertiary/aromatic N) is 3. The van der Waals surface area contributed by atoms with Gasteiger partial charge in [0.1, 0.15) is 11.7 Å². The fraction of sp³-hybridized carbons (Fsp3) is 0.500. The minimum atomic E-state index is -0.497. The lowest BCUT2D eigenvalue weighted by molar-refractivity contribution is -0.124. The van der Waals surface area contributed by atoms with Gasteiger partial charge in [0.25, 0.3) is 11.8 Å². The average Bonchev–Trinajstić information content (AvgIpc) is 2.77. The van der Waals surface area contributed by atoms with E-state index in [1.54, 1.807) is 26.4 Å². The Balaban J connectivity index is 2.93. The van der Waals surface area contributed by atoms with E-state index in [2.05, 4.69) is 10.5 Å². The quantitative estimate of drug-likeness (QED) is 0.422. The summed E-state index contributed by atoms with van der Waals surface area (Å²) in [6.07, 6.45) is 2.14. The maximum atomic E-state index is 11.6. The van der Waals surface area contributed by atoms with Gasteiger partial charge >= 0.3 is 0 Å². The zero-order valence-corrected chi connectivity index (χ0v) is 10.2. The van der Waals surface area contributed by atoms with Crippen molar-refractivity contribution in [1.29, 1.82) is 0 Å². The molecule has 0 aliphatic rings. The van der Waals surface area contributed by atoms with Gasteiger partial charge in [-0.25, -0.2) is 5.84 Å². The van der Waals surface area contributed by atoms with E-state index in [9.17, 15) is 9.59 Å². The molecule has 0 aliphatic heterocycles. The van der Waals surface area contributed by atoms with Gasteiger partial charge in [-0.3, -0.25) is 19.7 Å². The molecule has 94 valence electrons. The molecule has 0 fully saturated rings. The Labute approximate surface area is 99.5 Å². The first-order valence-corrected chi connectivity index (χ1v) is 5.28. The van der Waals surface area contributed by atoms with Crippen LogP contribution in [0.2, 0.25) is 0 Å². The van der Waals surface area contributed by atoms with E-state index >= 15 is 0 Å². The molecule has 3 N–H and O–H groups in total. The van der Waals surface area contributed by atoms with Crippen molar-refractivity contribution in [3.05, 3.63) is 18.0 Å². The molecule has 0 spiro atoms. The van der Waals surface area contributed by atoms with Crippen LogP contribution < -0.4 is 11.3 Å². The fourth-order valence-electron chi connectivity index (χ4n) is 1.44. The molecular formula is C10H17N5O2. The highest BCUT2D eigenvalue weighted by Crippen LogP contribution is 2.11. The van der Waals surface area contributed by atoms with Gasteiger partial charge in [-0.05, 0) is 12.5 Å². The highest BCUT2D eigenvalue weighted by molar-refractivity contribution is 5.91. The van der Waals surface area contributed by atoms with E-state index in [-0.39, 0.29) is 11.8 Å². The summed E-state index contributed by atoms with van der Waals surface area (Å²) in [5.41, 5.74) is 2.38. The standard InChI is InChI=1S/C10H17N5O2/c1-4-8(9(16)12-11)15-6-5-7(13-15)10(17)14(2)3/h5-6,8H,4,11H2,1-3H3,(H,12,16). The van der Waals surface area contributed by atoms with Crippen molar-refractivity contribution in [2.24, 2.45) is 5.84 Å². The second kappa shape index (κ2) is 5.44. The van der Waals surface area contributed by atoms with E-state index in [1.807, 2.05) is 6.92 Å². The largest absolute Gasteiger partial charge is 0.343 e. The predicted octanol–water partition coefficient (Wildman–Crippen LogP) is -0.474. The van der Waals surface area contributed by atoms with Crippen molar-refractivity contribution < 1.29 is 9.59 Å². The van der Waals surface area contributed by atoms with Crippen molar-refractivity contribution in [2.75, 3.05) is 14.1 Å². The second-order valence-electron chi connectivity index (χ2n) is 3.81. The zero-order valence-electron chi connectivity index (χ0n) is 10.2. The molecule has 1 aromatic heterocycles. The van der Waals surface area contributed by atoms with E-state index in [0.29, 0.717) is 12.1 Å². The van der Waals surface area contributed by atoms with Gasteiger partial charge < -0.3 is 4.90 Å². The number of hydrogen-bond acceptors (Lipinski definition) is 4. The van der Waals surface area contributed by atoms with Gasteiger partial charge in [0, 0.05) is 20.3 Å². The maximum absolute atomic E-state index is 11.6. The van der Waals surface area contributed by atoms with E-state index in [1.165, 1.54) is 9.58 Å². The Kier molecular flexibility index (Phi) is 4.22. The molecule has 0 aromatic carbocycles. The van der Waals surface area contributed by atoms with Crippen LogP contribution in [0.1, 0.15) is 29.9 Å². The molecule has 1 unspecified atom stereocenters. The zero-order chi connectivity index (χ0) is 13.0. The topological polar surface area (TPSA) is 93.2 Å². The number of carbonyl (C=O) groups is 2. The summed E-state index contributed by atoms with van der Waals surface area (Å²) in [6.45, 7) is 1.84. The number of hydrogen-bond donors (Lipinski definition) is 2. The van der Waals surface area contributed by atoms with Crippen molar-refractivity contribution in [1.82, 2.24) is 20.1 Å². The summed E-state index contributed by atoms with van der Waals surface area (Å²) >= 11 is 0. The third kappa shape index (κ3) is 2.82. The van der Waals surface area contributed by atoms with Crippen LogP contribution in [0, 0.1) is 0 Å². The van der Waals surface area contributed by atoms with Crippen LogP contribution in [0.3, 0.4) is 0 Å². The van der Waals surface area contributed by atoms with Gasteiger partial charge in [-0.2, -0.15) is 5.10 Å². The number of hydrazine groups is 1.